The Morgan fingerprint density at radius 1 is 0.636 bits per heavy atom. The van der Waals surface area contributed by atoms with Crippen molar-refractivity contribution in [3.63, 3.8) is 0 Å². The van der Waals surface area contributed by atoms with E-state index in [1.807, 2.05) is 54.6 Å². The van der Waals surface area contributed by atoms with Gasteiger partial charge in [-0.05, 0) is 11.1 Å². The van der Waals surface area contributed by atoms with Gasteiger partial charge in [0.25, 0.3) is 0 Å². The minimum atomic E-state index is 0.556. The van der Waals surface area contributed by atoms with Crippen LogP contribution < -0.4 is 11.5 Å². The minimum absolute atomic E-state index is 0.556. The van der Waals surface area contributed by atoms with Crippen molar-refractivity contribution in [3.05, 3.63) is 72.3 Å². The van der Waals surface area contributed by atoms with Gasteiger partial charge in [0, 0.05) is 16.7 Å². The van der Waals surface area contributed by atoms with Gasteiger partial charge >= 0.3 is 0 Å². The highest BCUT2D eigenvalue weighted by Gasteiger charge is 2.11. The Hall–Kier alpha value is -3.07. The average Bonchev–Trinajstić information content (AvgIpc) is 2.58. The van der Waals surface area contributed by atoms with E-state index in [9.17, 15) is 4.79 Å². The van der Waals surface area contributed by atoms with Crippen molar-refractivity contribution in [1.29, 1.82) is 0 Å². The number of benzene rings is 3. The lowest BCUT2D eigenvalue weighted by Crippen LogP contribution is -2.00. The number of nitrogens with two attached hydrogens (primary N) is 2. The third-order valence-electron chi connectivity index (χ3n) is 3.73. The van der Waals surface area contributed by atoms with Crippen molar-refractivity contribution in [1.82, 2.24) is 0 Å². The van der Waals surface area contributed by atoms with Crippen LogP contribution in [0, 0.1) is 0 Å². The molecule has 0 atom stereocenters. The summed E-state index contributed by atoms with van der Waals surface area (Å²) in [5, 5.41) is 0. The number of hydrogen-bond acceptors (Lipinski definition) is 3. The van der Waals surface area contributed by atoms with Gasteiger partial charge in [0.05, 0.1) is 11.4 Å². The smallest absolute Gasteiger partial charge is 0.150 e. The van der Waals surface area contributed by atoms with Crippen LogP contribution in [0.5, 0.6) is 0 Å². The Labute approximate surface area is 129 Å². The second kappa shape index (κ2) is 5.74. The van der Waals surface area contributed by atoms with Gasteiger partial charge in [-0.1, -0.05) is 66.7 Å². The number of rotatable bonds is 3. The maximum atomic E-state index is 10.7. The summed E-state index contributed by atoms with van der Waals surface area (Å²) in [5.41, 5.74) is 18.0. The lowest BCUT2D eigenvalue weighted by molar-refractivity contribution is 0.112. The summed E-state index contributed by atoms with van der Waals surface area (Å²) >= 11 is 0. The topological polar surface area (TPSA) is 69.1 Å². The Morgan fingerprint density at radius 2 is 1.14 bits per heavy atom. The highest BCUT2D eigenvalue weighted by atomic mass is 16.1. The summed E-state index contributed by atoms with van der Waals surface area (Å²) in [7, 11) is 0. The van der Waals surface area contributed by atoms with E-state index in [2.05, 4.69) is 0 Å². The molecule has 0 aliphatic heterocycles. The predicted molar refractivity (Wildman–Crippen MR) is 91.5 cm³/mol. The van der Waals surface area contributed by atoms with E-state index >= 15 is 0 Å². The first kappa shape index (κ1) is 13.9. The molecule has 3 aromatic rings. The predicted octanol–water partition coefficient (Wildman–Crippen LogP) is 4.00. The number of carbonyl (C=O) groups is 1. The molecule has 3 rings (SSSR count). The van der Waals surface area contributed by atoms with Crippen molar-refractivity contribution in [2.45, 2.75) is 0 Å². The quantitative estimate of drug-likeness (QED) is 0.565. The second-order valence-electron chi connectivity index (χ2n) is 5.09. The first-order valence-electron chi connectivity index (χ1n) is 6.99. The van der Waals surface area contributed by atoms with Crippen molar-refractivity contribution in [3.8, 4) is 22.3 Å². The van der Waals surface area contributed by atoms with Gasteiger partial charge in [-0.3, -0.25) is 4.79 Å². The summed E-state index contributed by atoms with van der Waals surface area (Å²) < 4.78 is 0. The standard InChI is InChI=1S/C19H16N2O/c20-18-16(14-4-2-1-3-5-14)10-11-17(19(18)21)15-8-6-13(12-22)7-9-15/h1-12H,20-21H2. The van der Waals surface area contributed by atoms with E-state index in [1.165, 1.54) is 0 Å². The molecule has 0 aliphatic carbocycles. The first-order chi connectivity index (χ1) is 10.7. The van der Waals surface area contributed by atoms with Crippen LogP contribution in [0.4, 0.5) is 11.4 Å². The van der Waals surface area contributed by atoms with E-state index in [0.29, 0.717) is 16.9 Å². The fourth-order valence-electron chi connectivity index (χ4n) is 2.50. The van der Waals surface area contributed by atoms with Crippen LogP contribution in [0.2, 0.25) is 0 Å². The number of anilines is 2. The van der Waals surface area contributed by atoms with Crippen molar-refractivity contribution in [2.75, 3.05) is 11.5 Å². The van der Waals surface area contributed by atoms with Crippen molar-refractivity contribution >= 4 is 17.7 Å². The van der Waals surface area contributed by atoms with Crippen LogP contribution in [0.3, 0.4) is 0 Å². The second-order valence-corrected chi connectivity index (χ2v) is 5.09. The molecule has 3 aromatic carbocycles. The molecule has 0 fully saturated rings. The molecule has 3 nitrogen and oxygen atoms in total. The maximum absolute atomic E-state index is 10.7. The third kappa shape index (κ3) is 2.44. The summed E-state index contributed by atoms with van der Waals surface area (Å²) in [6.07, 6.45) is 0.819. The van der Waals surface area contributed by atoms with E-state index in [-0.39, 0.29) is 0 Å². The molecular formula is C19H16N2O. The lowest BCUT2D eigenvalue weighted by atomic mass is 9.96. The molecule has 22 heavy (non-hydrogen) atoms. The average molecular weight is 288 g/mol. The largest absolute Gasteiger partial charge is 0.397 e. The Bertz CT molecular complexity index is 809. The molecule has 0 amide bonds. The number of hydrogen-bond donors (Lipinski definition) is 2. The molecule has 0 aromatic heterocycles. The van der Waals surface area contributed by atoms with Crippen LogP contribution >= 0.6 is 0 Å². The van der Waals surface area contributed by atoms with Gasteiger partial charge in [0.2, 0.25) is 0 Å². The minimum Gasteiger partial charge on any atom is -0.397 e. The molecule has 0 aliphatic rings. The van der Waals surface area contributed by atoms with Gasteiger partial charge in [-0.25, -0.2) is 0 Å². The summed E-state index contributed by atoms with van der Waals surface area (Å²) in [5.74, 6) is 0. The summed E-state index contributed by atoms with van der Waals surface area (Å²) in [4.78, 5) is 10.7. The van der Waals surface area contributed by atoms with Gasteiger partial charge in [-0.2, -0.15) is 0 Å². The summed E-state index contributed by atoms with van der Waals surface area (Å²) in [6.45, 7) is 0. The van der Waals surface area contributed by atoms with Gasteiger partial charge in [0.1, 0.15) is 6.29 Å². The first-order valence-corrected chi connectivity index (χ1v) is 6.99. The molecule has 0 radical (unpaired) electrons. The molecule has 0 heterocycles. The highest BCUT2D eigenvalue weighted by Crippen LogP contribution is 2.37. The van der Waals surface area contributed by atoms with E-state index in [4.69, 9.17) is 11.5 Å². The normalized spacial score (nSPS) is 10.4. The molecule has 3 heteroatoms. The molecule has 0 saturated carbocycles. The van der Waals surface area contributed by atoms with Crippen LogP contribution in [-0.2, 0) is 0 Å². The SMILES string of the molecule is Nc1c(-c2ccccc2)ccc(-c2ccc(C=O)cc2)c1N. The molecule has 0 bridgehead atoms. The van der Waals surface area contributed by atoms with E-state index in [0.717, 1.165) is 28.5 Å². The molecule has 0 saturated heterocycles. The van der Waals surface area contributed by atoms with Gasteiger partial charge < -0.3 is 11.5 Å². The monoisotopic (exact) mass is 288 g/mol. The molecular weight excluding hydrogens is 272 g/mol. The molecule has 108 valence electrons. The lowest BCUT2D eigenvalue weighted by Gasteiger charge is -2.13. The number of carbonyl (C=O) groups excluding carboxylic acids is 1. The fourth-order valence-corrected chi connectivity index (χ4v) is 2.50. The fraction of sp³-hybridized carbons (Fsp3) is 0. The number of nitrogen functional groups attached to an aromatic ring is 2. The van der Waals surface area contributed by atoms with E-state index in [1.54, 1.807) is 12.1 Å². The molecule has 0 unspecified atom stereocenters. The van der Waals surface area contributed by atoms with Crippen LogP contribution in [0.25, 0.3) is 22.3 Å². The Morgan fingerprint density at radius 3 is 1.64 bits per heavy atom. The maximum Gasteiger partial charge on any atom is 0.150 e. The van der Waals surface area contributed by atoms with Crippen molar-refractivity contribution in [2.24, 2.45) is 0 Å². The highest BCUT2D eigenvalue weighted by molar-refractivity contribution is 5.93. The number of aldehydes is 1. The zero-order valence-corrected chi connectivity index (χ0v) is 12.0. The van der Waals surface area contributed by atoms with Crippen LogP contribution in [-0.4, -0.2) is 6.29 Å². The van der Waals surface area contributed by atoms with Crippen LogP contribution in [0.15, 0.2) is 66.7 Å². The Kier molecular flexibility index (Phi) is 3.62. The third-order valence-corrected chi connectivity index (χ3v) is 3.73. The van der Waals surface area contributed by atoms with Gasteiger partial charge in [-0.15, -0.1) is 0 Å². The zero-order chi connectivity index (χ0) is 15.5. The zero-order valence-electron chi connectivity index (χ0n) is 12.0. The van der Waals surface area contributed by atoms with Crippen molar-refractivity contribution < 1.29 is 4.79 Å². The van der Waals surface area contributed by atoms with E-state index < -0.39 is 0 Å². The summed E-state index contributed by atoms with van der Waals surface area (Å²) in [6, 6.07) is 21.1. The van der Waals surface area contributed by atoms with Gasteiger partial charge in [0.15, 0.2) is 0 Å². The Balaban J connectivity index is 2.08. The molecule has 0 spiro atoms. The van der Waals surface area contributed by atoms with Crippen LogP contribution in [0.1, 0.15) is 10.4 Å². The molecule has 4 N–H and O–H groups in total.